The van der Waals surface area contributed by atoms with Gasteiger partial charge >= 0.3 is 17.8 Å². The summed E-state index contributed by atoms with van der Waals surface area (Å²) >= 11 is 0. The van der Waals surface area contributed by atoms with Crippen molar-refractivity contribution in [2.75, 3.05) is 85.6 Å². The second-order valence-corrected chi connectivity index (χ2v) is 17.4. The summed E-state index contributed by atoms with van der Waals surface area (Å²) in [5.41, 5.74) is 4.90. The molecule has 0 amide bonds. The number of aromatic nitrogens is 2. The molecule has 3 aromatic carbocycles. The van der Waals surface area contributed by atoms with Crippen molar-refractivity contribution in [3.63, 3.8) is 0 Å². The van der Waals surface area contributed by atoms with Crippen LogP contribution in [0.25, 0.3) is 28.3 Å². The second-order valence-electron chi connectivity index (χ2n) is 14.6. The van der Waals surface area contributed by atoms with Crippen LogP contribution in [-0.2, 0) is 68.2 Å². The van der Waals surface area contributed by atoms with Gasteiger partial charge in [-0.15, -0.1) is 0 Å². The molecule has 2 aromatic heterocycles. The lowest BCUT2D eigenvalue weighted by Gasteiger charge is -2.12. The van der Waals surface area contributed by atoms with E-state index >= 15 is 0 Å². The minimum absolute atomic E-state index is 0.121. The van der Waals surface area contributed by atoms with Crippen LogP contribution < -0.4 is 14.5 Å². The molecule has 0 fully saturated rings. The Morgan fingerprint density at radius 3 is 1.75 bits per heavy atom. The summed E-state index contributed by atoms with van der Waals surface area (Å²) in [6.45, 7) is 4.49. The maximum absolute atomic E-state index is 12.0. The Kier molecular flexibility index (Phi) is 17.5. The number of rotatable bonds is 27. The van der Waals surface area contributed by atoms with Crippen LogP contribution in [0.15, 0.2) is 108 Å². The van der Waals surface area contributed by atoms with Crippen LogP contribution in [-0.4, -0.2) is 117 Å². The van der Waals surface area contributed by atoms with E-state index < -0.39 is 26.2 Å². The van der Waals surface area contributed by atoms with Crippen molar-refractivity contribution in [1.29, 1.82) is 0 Å². The highest BCUT2D eigenvalue weighted by Crippen LogP contribution is 2.34. The number of anilines is 1. The number of nitrogens with zero attached hydrogens (tertiary/aromatic N) is 2. The molecule has 0 atom stereocenters. The van der Waals surface area contributed by atoms with Gasteiger partial charge in [0.15, 0.2) is 13.1 Å². The molecule has 0 saturated heterocycles. The van der Waals surface area contributed by atoms with Gasteiger partial charge in [-0.3, -0.25) is 9.11 Å². The van der Waals surface area contributed by atoms with E-state index in [1.54, 1.807) is 44.6 Å². The van der Waals surface area contributed by atoms with Gasteiger partial charge in [0.2, 0.25) is 11.2 Å². The molecule has 4 N–H and O–H groups in total. The quantitative estimate of drug-likeness (QED) is 0.0318. The molecular weight excluding hydrogens is 891 g/mol. The molecule has 350 valence electrons. The van der Waals surface area contributed by atoms with Crippen molar-refractivity contribution in [3.8, 4) is 0 Å². The molecule has 0 unspecified atom stereocenters. The normalized spacial score (nSPS) is 14.2. The van der Waals surface area contributed by atoms with Gasteiger partial charge in [0.1, 0.15) is 13.2 Å². The summed E-state index contributed by atoms with van der Waals surface area (Å²) in [6.07, 6.45) is 7.07. The fourth-order valence-corrected chi connectivity index (χ4v) is 7.99. The molecule has 5 aromatic rings. The van der Waals surface area contributed by atoms with Gasteiger partial charge in [-0.25, -0.2) is 4.79 Å². The first-order valence-corrected chi connectivity index (χ1v) is 23.5. The summed E-state index contributed by atoms with van der Waals surface area (Å²) in [5.74, 6) is -0.197. The molecule has 0 radical (unpaired) electrons. The predicted molar refractivity (Wildman–Crippen MR) is 234 cm³/mol. The summed E-state index contributed by atoms with van der Waals surface area (Å²) in [6, 6.07) is 14.6. The van der Waals surface area contributed by atoms with Crippen LogP contribution in [0.5, 0.6) is 0 Å². The van der Waals surface area contributed by atoms with Gasteiger partial charge in [0.05, 0.1) is 80.7 Å². The first-order chi connectivity index (χ1) is 31.3. The first-order valence-electron chi connectivity index (χ1n) is 20.6. The lowest BCUT2D eigenvalue weighted by atomic mass is 10.1. The number of fused-ring (bicyclic) bond motifs is 2. The lowest BCUT2D eigenvalue weighted by Crippen LogP contribution is -2.39. The van der Waals surface area contributed by atoms with Gasteiger partial charge in [-0.2, -0.15) is 26.0 Å². The number of oxazole rings is 2. The largest absolute Gasteiger partial charge is 0.478 e. The first kappa shape index (κ1) is 49.1. The molecule has 0 bridgehead atoms. The average molecular weight is 944 g/mol. The number of ether oxygens (including phenoxy) is 6. The zero-order chi connectivity index (χ0) is 46.4. The van der Waals surface area contributed by atoms with Crippen molar-refractivity contribution in [2.24, 2.45) is 0 Å². The highest BCUT2D eigenvalue weighted by Gasteiger charge is 2.27. The standard InChI is InChI=1S/C44H51N3O16S2/c1-56-21-23-60-27-25-58-19-17-46-37-13-11-35(64(50,51)52)29-39(37)62-41(46)15-7-31-3-4-32(43(31)45-34-9-5-33(6-10-34)44(48)49)8-16-42-47(18-20-59-26-28-61-24-22-57-2)38-14-12-36(65(53,54)55)30-40(38)63-42/h5-15,29-30H,3-4,16-28H2,1-2H3,(H2-,48,49,50,51,52,53,54,55)/p+2/b32-8+. The third-order valence-corrected chi connectivity index (χ3v) is 11.9. The minimum atomic E-state index is -4.51. The van der Waals surface area contributed by atoms with Crippen LogP contribution in [0.1, 0.15) is 35.0 Å². The van der Waals surface area contributed by atoms with E-state index in [2.05, 4.69) is 5.32 Å². The fraction of sp³-hybridized carbons (Fsp3) is 0.386. The number of hydrogen-bond acceptors (Lipinski definition) is 14. The number of allylic oxidation sites excluding steroid dienone is 4. The number of methoxy groups -OCH3 is 2. The van der Waals surface area contributed by atoms with Crippen LogP contribution in [0.3, 0.4) is 0 Å². The Morgan fingerprint density at radius 2 is 1.20 bits per heavy atom. The number of carboxylic acid groups (broad SMARTS) is 1. The van der Waals surface area contributed by atoms with Gasteiger partial charge < -0.3 is 47.7 Å². The van der Waals surface area contributed by atoms with E-state index in [1.807, 2.05) is 21.3 Å². The number of nitrogens with one attached hydrogen (secondary N) is 1. The third kappa shape index (κ3) is 13.6. The van der Waals surface area contributed by atoms with Crippen molar-refractivity contribution >= 4 is 60.2 Å². The van der Waals surface area contributed by atoms with Gasteiger partial charge in [-0.1, -0.05) is 6.08 Å². The summed E-state index contributed by atoms with van der Waals surface area (Å²) < 4.78 is 116. The van der Waals surface area contributed by atoms with E-state index in [0.29, 0.717) is 114 Å². The van der Waals surface area contributed by atoms with E-state index in [4.69, 9.17) is 37.3 Å². The number of aromatic carboxylic acids is 1. The predicted octanol–water partition coefficient (Wildman–Crippen LogP) is 4.65. The monoisotopic (exact) mass is 943 g/mol. The maximum Gasteiger partial charge on any atom is 0.374 e. The van der Waals surface area contributed by atoms with Gasteiger partial charge in [0, 0.05) is 49.9 Å². The SMILES string of the molecule is COCCOCCOCC[n+]1c(/C=C/C2=C(Nc3ccc(C(=O)O)cc3)C(=C/Cc3oc4cc(S(=O)(=O)O)ccc4[n+]3CCOCCOCCOC)/CC2)oc2cc(S(=O)(=O)O)ccc21. The second kappa shape index (κ2) is 23.2. The number of carboxylic acids is 1. The number of hydrogen-bond donors (Lipinski definition) is 4. The highest BCUT2D eigenvalue weighted by atomic mass is 32.2. The minimum Gasteiger partial charge on any atom is -0.478 e. The Morgan fingerprint density at radius 1 is 0.677 bits per heavy atom. The molecule has 65 heavy (non-hydrogen) atoms. The van der Waals surface area contributed by atoms with Crippen molar-refractivity contribution in [2.45, 2.75) is 42.1 Å². The topological polar surface area (TPSA) is 247 Å². The van der Waals surface area contributed by atoms with Crippen molar-refractivity contribution in [1.82, 2.24) is 0 Å². The molecule has 0 spiro atoms. The molecule has 1 aliphatic carbocycles. The summed E-state index contributed by atoms with van der Waals surface area (Å²) in [5, 5.41) is 13.0. The Hall–Kier alpha value is -5.33. The Labute approximate surface area is 375 Å². The van der Waals surface area contributed by atoms with E-state index in [1.165, 1.54) is 36.4 Å². The van der Waals surface area contributed by atoms with Crippen molar-refractivity contribution in [3.05, 3.63) is 107 Å². The fourth-order valence-electron chi connectivity index (χ4n) is 6.99. The molecule has 21 heteroatoms. The summed E-state index contributed by atoms with van der Waals surface area (Å²) in [4.78, 5) is 11.0. The Bertz CT molecular complexity index is 2740. The Balaban J connectivity index is 1.32. The van der Waals surface area contributed by atoms with Crippen LogP contribution in [0.4, 0.5) is 5.69 Å². The molecule has 6 rings (SSSR count). The van der Waals surface area contributed by atoms with E-state index in [-0.39, 0.29) is 39.5 Å². The molecule has 19 nitrogen and oxygen atoms in total. The van der Waals surface area contributed by atoms with Gasteiger partial charge in [0.25, 0.3) is 31.3 Å². The third-order valence-electron chi connectivity index (χ3n) is 10.2. The zero-order valence-corrected chi connectivity index (χ0v) is 37.6. The molecular formula is C44H53N3O16S2+2. The maximum atomic E-state index is 12.0. The molecule has 0 saturated carbocycles. The lowest BCUT2D eigenvalue weighted by molar-refractivity contribution is -0.685. The molecule has 0 aliphatic heterocycles. The van der Waals surface area contributed by atoms with Crippen molar-refractivity contribution < 1.29 is 82.2 Å². The molecule has 2 heterocycles. The van der Waals surface area contributed by atoms with Crippen LogP contribution in [0, 0.1) is 0 Å². The van der Waals surface area contributed by atoms with Crippen LogP contribution in [0.2, 0.25) is 0 Å². The molecule has 1 aliphatic rings. The number of benzene rings is 3. The zero-order valence-electron chi connectivity index (χ0n) is 36.0. The van der Waals surface area contributed by atoms with E-state index in [9.17, 15) is 35.8 Å². The van der Waals surface area contributed by atoms with Crippen LogP contribution >= 0.6 is 0 Å². The smallest absolute Gasteiger partial charge is 0.374 e. The average Bonchev–Trinajstić information content (AvgIpc) is 3.95. The number of carbonyl (C=O) groups is 1. The highest BCUT2D eigenvalue weighted by molar-refractivity contribution is 7.86. The van der Waals surface area contributed by atoms with Gasteiger partial charge in [-0.05, 0) is 66.5 Å². The van der Waals surface area contributed by atoms with E-state index in [0.717, 1.165) is 16.8 Å². The summed E-state index contributed by atoms with van der Waals surface area (Å²) in [7, 11) is -5.83.